The third-order valence-corrected chi connectivity index (χ3v) is 5.50. The molecule has 2 heterocycles. The Morgan fingerprint density at radius 1 is 1.24 bits per heavy atom. The largest absolute Gasteiger partial charge is 0.466 e. The van der Waals surface area contributed by atoms with Crippen LogP contribution in [0.5, 0.6) is 0 Å². The van der Waals surface area contributed by atoms with E-state index in [0.29, 0.717) is 38.2 Å². The maximum atomic E-state index is 13.1. The Kier molecular flexibility index (Phi) is 7.78. The van der Waals surface area contributed by atoms with Gasteiger partial charge >= 0.3 is 5.97 Å². The predicted molar refractivity (Wildman–Crippen MR) is 126 cm³/mol. The van der Waals surface area contributed by atoms with Crippen molar-refractivity contribution in [2.24, 2.45) is 5.41 Å². The molecule has 6 heteroatoms. The number of piperidine rings is 1. The predicted octanol–water partition coefficient (Wildman–Crippen LogP) is 4.29. The van der Waals surface area contributed by atoms with Crippen molar-refractivity contribution in [2.75, 3.05) is 19.7 Å². The topological polar surface area (TPSA) is 80.0 Å². The third kappa shape index (κ3) is 6.59. The van der Waals surface area contributed by atoms with Gasteiger partial charge in [0.2, 0.25) is 0 Å². The zero-order chi connectivity index (χ0) is 23.9. The first-order valence-corrected chi connectivity index (χ1v) is 11.3. The van der Waals surface area contributed by atoms with Crippen molar-refractivity contribution in [1.82, 2.24) is 4.90 Å². The number of nitrogens with zero attached hydrogens (tertiary/aromatic N) is 1. The van der Waals surface area contributed by atoms with Gasteiger partial charge in [0.1, 0.15) is 5.60 Å². The monoisotopic (exact) mass is 449 g/mol. The van der Waals surface area contributed by atoms with E-state index < -0.39 is 11.0 Å². The van der Waals surface area contributed by atoms with Crippen molar-refractivity contribution < 1.29 is 23.8 Å². The summed E-state index contributed by atoms with van der Waals surface area (Å²) in [5.74, 6) is 5.30. The molecular formula is C27H31NO5. The second-order valence-corrected chi connectivity index (χ2v) is 8.82. The molecule has 2 aromatic rings. The molecule has 1 aromatic carbocycles. The molecule has 1 aliphatic heterocycles. The Bertz CT molecular complexity index is 1050. The number of allylic oxidation sites excluding steroid dienone is 1. The first kappa shape index (κ1) is 24.3. The smallest absolute Gasteiger partial charge is 0.314 e. The minimum atomic E-state index is -1.16. The Morgan fingerprint density at radius 3 is 2.70 bits per heavy atom. The van der Waals surface area contributed by atoms with Gasteiger partial charge in [0.15, 0.2) is 11.5 Å². The number of benzene rings is 1. The first-order chi connectivity index (χ1) is 15.7. The van der Waals surface area contributed by atoms with Crippen LogP contribution >= 0.6 is 0 Å². The number of aliphatic hydroxyl groups is 1. The Labute approximate surface area is 195 Å². The number of ether oxygens (including phenoxy) is 1. The van der Waals surface area contributed by atoms with E-state index in [9.17, 15) is 14.7 Å². The van der Waals surface area contributed by atoms with Gasteiger partial charge in [-0.2, -0.15) is 0 Å². The van der Waals surface area contributed by atoms with Gasteiger partial charge in [-0.15, -0.1) is 0 Å². The maximum Gasteiger partial charge on any atom is 0.314 e. The number of furan rings is 1. The van der Waals surface area contributed by atoms with Gasteiger partial charge in [-0.1, -0.05) is 48.4 Å². The van der Waals surface area contributed by atoms with Gasteiger partial charge in [0.25, 0.3) is 5.91 Å². The summed E-state index contributed by atoms with van der Waals surface area (Å²) in [4.78, 5) is 27.8. The van der Waals surface area contributed by atoms with Crippen molar-refractivity contribution in [3.8, 4) is 11.8 Å². The van der Waals surface area contributed by atoms with E-state index in [1.807, 2.05) is 42.5 Å². The average molecular weight is 450 g/mol. The molecule has 1 aliphatic rings. The van der Waals surface area contributed by atoms with Crippen molar-refractivity contribution >= 4 is 18.0 Å². The summed E-state index contributed by atoms with van der Waals surface area (Å²) in [7, 11) is 0. The molecule has 1 saturated heterocycles. The highest BCUT2D eigenvalue weighted by molar-refractivity contribution is 5.92. The summed E-state index contributed by atoms with van der Waals surface area (Å²) < 4.78 is 11.0. The van der Waals surface area contributed by atoms with Crippen LogP contribution in [0, 0.1) is 17.3 Å². The Hall–Kier alpha value is -3.30. The number of carbonyl (C=O) groups excluding carboxylic acids is 2. The zero-order valence-electron chi connectivity index (χ0n) is 19.5. The van der Waals surface area contributed by atoms with Crippen LogP contribution in [0.3, 0.4) is 0 Å². The first-order valence-electron chi connectivity index (χ1n) is 11.3. The summed E-state index contributed by atoms with van der Waals surface area (Å²) in [5.41, 5.74) is -0.905. The van der Waals surface area contributed by atoms with Gasteiger partial charge in [-0.25, -0.2) is 0 Å². The lowest BCUT2D eigenvalue weighted by atomic mass is 9.76. The van der Waals surface area contributed by atoms with Crippen LogP contribution < -0.4 is 0 Å². The fourth-order valence-electron chi connectivity index (χ4n) is 3.88. The van der Waals surface area contributed by atoms with Crippen molar-refractivity contribution in [3.05, 3.63) is 65.6 Å². The molecule has 1 aromatic heterocycles. The molecule has 0 saturated carbocycles. The van der Waals surface area contributed by atoms with Crippen LogP contribution in [0.2, 0.25) is 0 Å². The highest BCUT2D eigenvalue weighted by Crippen LogP contribution is 2.36. The molecule has 174 valence electrons. The van der Waals surface area contributed by atoms with E-state index in [-0.39, 0.29) is 24.2 Å². The summed E-state index contributed by atoms with van der Waals surface area (Å²) in [6.07, 6.45) is 5.79. The number of likely N-dealkylation sites (tertiary alicyclic amines) is 1. The molecule has 1 fully saturated rings. The Balaban J connectivity index is 1.77. The maximum absolute atomic E-state index is 13.1. The highest BCUT2D eigenvalue weighted by Gasteiger charge is 2.44. The molecule has 1 amide bonds. The second-order valence-electron chi connectivity index (χ2n) is 8.82. The zero-order valence-corrected chi connectivity index (χ0v) is 19.5. The molecule has 0 radical (unpaired) electrons. The molecule has 33 heavy (non-hydrogen) atoms. The normalized spacial score (nSPS) is 18.6. The number of esters is 1. The van der Waals surface area contributed by atoms with Crippen molar-refractivity contribution in [1.29, 1.82) is 0 Å². The van der Waals surface area contributed by atoms with E-state index >= 15 is 0 Å². The molecule has 0 bridgehead atoms. The molecule has 1 atom stereocenters. The fraction of sp³-hybridized carbons (Fsp3) is 0.407. The second kappa shape index (κ2) is 10.5. The number of hydrogen-bond donors (Lipinski definition) is 1. The van der Waals surface area contributed by atoms with Crippen LogP contribution in [-0.4, -0.2) is 47.2 Å². The van der Waals surface area contributed by atoms with Gasteiger partial charge in [0, 0.05) is 13.1 Å². The molecule has 0 spiro atoms. The summed E-state index contributed by atoms with van der Waals surface area (Å²) in [6, 6.07) is 13.1. The van der Waals surface area contributed by atoms with Crippen LogP contribution in [0.1, 0.15) is 61.9 Å². The average Bonchev–Trinajstić information content (AvgIpc) is 3.27. The molecule has 0 unspecified atom stereocenters. The minimum Gasteiger partial charge on any atom is -0.466 e. The van der Waals surface area contributed by atoms with E-state index in [0.717, 1.165) is 5.56 Å². The SMILES string of the molecule is CCOC(=O)[C@@]1(C/C=C/c2ccccc2)CCCN(C(=O)c2ccc(C#CC(C)(C)O)o2)C1. The van der Waals surface area contributed by atoms with Gasteiger partial charge < -0.3 is 19.2 Å². The van der Waals surface area contributed by atoms with Gasteiger partial charge in [-0.05, 0) is 63.7 Å². The molecule has 1 N–H and O–H groups in total. The minimum absolute atomic E-state index is 0.162. The standard InChI is InChI=1S/C27H31NO5/c1-4-32-25(30)27(16-8-12-21-10-6-5-7-11-21)17-9-19-28(20-27)24(29)23-14-13-22(33-23)15-18-26(2,3)31/h5-8,10-14,31H,4,9,16-17,19-20H2,1-3H3/b12-8+/t27-/m0/s1. The Morgan fingerprint density at radius 2 is 2.00 bits per heavy atom. The lowest BCUT2D eigenvalue weighted by molar-refractivity contribution is -0.158. The van der Waals surface area contributed by atoms with E-state index in [2.05, 4.69) is 11.8 Å². The highest BCUT2D eigenvalue weighted by atomic mass is 16.5. The van der Waals surface area contributed by atoms with Crippen LogP contribution in [0.15, 0.2) is 53.0 Å². The van der Waals surface area contributed by atoms with Gasteiger partial charge in [-0.3, -0.25) is 9.59 Å². The molecule has 3 rings (SSSR count). The fourth-order valence-corrected chi connectivity index (χ4v) is 3.88. The van der Waals surface area contributed by atoms with Crippen LogP contribution in [-0.2, 0) is 9.53 Å². The lowest BCUT2D eigenvalue weighted by Crippen LogP contribution is -2.50. The quantitative estimate of drug-likeness (QED) is 0.526. The summed E-state index contributed by atoms with van der Waals surface area (Å²) in [5, 5.41) is 9.76. The number of hydrogen-bond acceptors (Lipinski definition) is 5. The number of amides is 1. The lowest BCUT2D eigenvalue weighted by Gasteiger charge is -2.40. The molecular weight excluding hydrogens is 418 g/mol. The van der Waals surface area contributed by atoms with Crippen molar-refractivity contribution in [3.63, 3.8) is 0 Å². The third-order valence-electron chi connectivity index (χ3n) is 5.50. The molecule has 6 nitrogen and oxygen atoms in total. The van der Waals surface area contributed by atoms with E-state index in [4.69, 9.17) is 9.15 Å². The number of rotatable bonds is 6. The van der Waals surface area contributed by atoms with Gasteiger partial charge in [0.05, 0.1) is 12.0 Å². The van der Waals surface area contributed by atoms with Crippen LogP contribution in [0.25, 0.3) is 6.08 Å². The van der Waals surface area contributed by atoms with Crippen molar-refractivity contribution in [2.45, 2.75) is 45.6 Å². The molecule has 0 aliphatic carbocycles. The van der Waals surface area contributed by atoms with E-state index in [1.165, 1.54) is 0 Å². The van der Waals surface area contributed by atoms with E-state index in [1.54, 1.807) is 37.8 Å². The van der Waals surface area contributed by atoms with Crippen LogP contribution in [0.4, 0.5) is 0 Å². The summed E-state index contributed by atoms with van der Waals surface area (Å²) >= 11 is 0. The summed E-state index contributed by atoms with van der Waals surface area (Å²) in [6.45, 7) is 6.02. The number of carbonyl (C=O) groups is 2.